The van der Waals surface area contributed by atoms with Gasteiger partial charge in [-0.3, -0.25) is 4.79 Å². The summed E-state index contributed by atoms with van der Waals surface area (Å²) in [6.45, 7) is 16.5. The van der Waals surface area contributed by atoms with Gasteiger partial charge in [0.25, 0.3) is 0 Å². The Hall–Kier alpha value is -2.31. The zero-order valence-corrected chi connectivity index (χ0v) is 39.3. The molecule has 0 aromatic carbocycles. The first-order chi connectivity index (χ1) is 30.0. The second kappa shape index (κ2) is 20.3. The molecule has 0 aromatic rings. The van der Waals surface area contributed by atoms with E-state index in [9.17, 15) is 15.0 Å². The summed E-state index contributed by atoms with van der Waals surface area (Å²) in [5.41, 5.74) is 0.187. The van der Waals surface area contributed by atoms with Crippen LogP contribution in [0.3, 0.4) is 0 Å². The zero-order chi connectivity index (χ0) is 45.4. The third-order valence-corrected chi connectivity index (χ3v) is 15.0. The molecule has 6 heterocycles. The van der Waals surface area contributed by atoms with E-state index in [0.29, 0.717) is 43.3 Å². The highest BCUT2D eigenvalue weighted by Gasteiger charge is 2.60. The quantitative estimate of drug-likeness (QED) is 0.218. The summed E-state index contributed by atoms with van der Waals surface area (Å²) in [6, 6.07) is 0.169. The lowest BCUT2D eigenvalue weighted by Gasteiger charge is -2.48. The molecule has 14 nitrogen and oxygen atoms in total. The Morgan fingerprint density at radius 1 is 0.921 bits per heavy atom. The number of rotatable bonds is 9. The first-order valence-corrected chi connectivity index (χ1v) is 23.5. The van der Waals surface area contributed by atoms with E-state index in [4.69, 9.17) is 47.4 Å². The van der Waals surface area contributed by atoms with Crippen LogP contribution in [-0.4, -0.2) is 141 Å². The predicted molar refractivity (Wildman–Crippen MR) is 233 cm³/mol. The minimum Gasteiger partial charge on any atom is -0.462 e. The van der Waals surface area contributed by atoms with Crippen LogP contribution in [0.1, 0.15) is 93.9 Å². The average molecular weight is 887 g/mol. The highest BCUT2D eigenvalue weighted by atomic mass is 16.7. The van der Waals surface area contributed by atoms with E-state index >= 15 is 0 Å². The lowest BCUT2D eigenvalue weighted by Crippen LogP contribution is -2.92. The molecule has 0 amide bonds. The lowest BCUT2D eigenvalue weighted by molar-refractivity contribution is -0.685. The number of allylic oxidation sites excluding steroid dienone is 2. The van der Waals surface area contributed by atoms with E-state index in [0.717, 1.165) is 12.0 Å². The molecule has 63 heavy (non-hydrogen) atoms. The van der Waals surface area contributed by atoms with Crippen molar-refractivity contribution < 1.29 is 67.7 Å². The van der Waals surface area contributed by atoms with Crippen molar-refractivity contribution in [1.82, 2.24) is 0 Å². The predicted octanol–water partition coefficient (Wildman–Crippen LogP) is 4.58. The molecule has 20 unspecified atom stereocenters. The van der Waals surface area contributed by atoms with Crippen LogP contribution in [0.15, 0.2) is 59.3 Å². The third kappa shape index (κ3) is 10.0. The molecule has 0 saturated carbocycles. The molecule has 0 aromatic heterocycles. The van der Waals surface area contributed by atoms with Gasteiger partial charge in [-0.05, 0) is 62.8 Å². The van der Waals surface area contributed by atoms with E-state index < -0.39 is 66.4 Å². The SMILES string of the molecule is CCC(C)C1OC2(C=CC1C)CC1CC(CC=C(C)C(OC3CC(OC)C(OC4CC(OC)C([NH2+]C)C(C)O4)C(C)O3)C(C)C=CC=C3COC4C(O)C(C)=CC(C(=O)O1)C34O)O2. The second-order valence-corrected chi connectivity index (χ2v) is 19.4. The van der Waals surface area contributed by atoms with Crippen LogP contribution in [-0.2, 0) is 52.2 Å². The van der Waals surface area contributed by atoms with Crippen LogP contribution in [0, 0.1) is 23.7 Å². The van der Waals surface area contributed by atoms with Crippen molar-refractivity contribution in [3.05, 3.63) is 59.3 Å². The van der Waals surface area contributed by atoms with Gasteiger partial charge in [0, 0.05) is 51.7 Å². The Bertz CT molecular complexity index is 1750. The van der Waals surface area contributed by atoms with Crippen LogP contribution < -0.4 is 5.32 Å². The Balaban J connectivity index is 1.18. The van der Waals surface area contributed by atoms with Gasteiger partial charge in [0.05, 0.1) is 44.2 Å². The number of ether oxygens (including phenoxy) is 10. The summed E-state index contributed by atoms with van der Waals surface area (Å²) in [4.78, 5) is 14.4. The number of methoxy groups -OCH3 is 2. The zero-order valence-electron chi connectivity index (χ0n) is 39.3. The van der Waals surface area contributed by atoms with Gasteiger partial charge in [0.1, 0.15) is 54.2 Å². The van der Waals surface area contributed by atoms with Crippen LogP contribution in [0.4, 0.5) is 0 Å². The number of aliphatic hydroxyl groups excluding tert-OH is 1. The largest absolute Gasteiger partial charge is 0.462 e. The third-order valence-electron chi connectivity index (χ3n) is 15.0. The minimum atomic E-state index is -1.83. The maximum atomic E-state index is 14.4. The number of aliphatic hydroxyl groups is 2. The topological polar surface area (TPSA) is 166 Å². The van der Waals surface area contributed by atoms with Crippen molar-refractivity contribution in [2.75, 3.05) is 27.9 Å². The molecule has 0 radical (unpaired) electrons. The van der Waals surface area contributed by atoms with Gasteiger partial charge in [0.15, 0.2) is 18.4 Å². The van der Waals surface area contributed by atoms with E-state index in [1.54, 1.807) is 33.3 Å². The molecule has 20 atom stereocenters. The van der Waals surface area contributed by atoms with Crippen LogP contribution in [0.25, 0.3) is 0 Å². The number of hydrogen-bond donors (Lipinski definition) is 3. The van der Waals surface area contributed by atoms with E-state index in [2.05, 4.69) is 52.1 Å². The standard InChI is InChI=1S/C49H75NO13/c1-12-26(2)44-29(5)18-19-48(63-44)24-35-21-34(62-48)17-16-28(4)43(27(3)14-13-15-33-25-56-46-42(51)30(6)20-36(47(52)59-35)49(33,46)53)60-40-23-38(55-11)45(32(8)58-40)61-39-22-37(54-10)41(50-9)31(7)57-39/h13-16,18-20,26-27,29,31-32,34-46,50-51,53H,12,17,21-25H2,1-11H3/p+1. The number of fused-ring (bicyclic) bond motifs is 2. The number of quaternary nitrogens is 1. The maximum absolute atomic E-state index is 14.4. The molecule has 7 aliphatic rings. The molecular weight excluding hydrogens is 811 g/mol. The minimum absolute atomic E-state index is 0.0195. The molecule has 4 fully saturated rings. The summed E-state index contributed by atoms with van der Waals surface area (Å²) in [5.74, 6) is -2.50. The van der Waals surface area contributed by atoms with Gasteiger partial charge in [-0.1, -0.05) is 70.6 Å². The molecule has 4 N–H and O–H groups in total. The molecule has 7 rings (SSSR count). The smallest absolute Gasteiger partial charge is 0.316 e. The van der Waals surface area contributed by atoms with Crippen molar-refractivity contribution in [2.45, 2.75) is 191 Å². The van der Waals surface area contributed by atoms with Gasteiger partial charge < -0.3 is 62.9 Å². The van der Waals surface area contributed by atoms with Gasteiger partial charge in [0.2, 0.25) is 0 Å². The number of nitrogens with two attached hydrogens (primary N) is 1. The van der Waals surface area contributed by atoms with Crippen molar-refractivity contribution >= 4 is 5.97 Å². The van der Waals surface area contributed by atoms with Crippen molar-refractivity contribution in [3.63, 3.8) is 0 Å². The number of likely N-dealkylation sites (N-methyl/N-ethyl adjacent to an activating group) is 1. The Labute approximate surface area is 374 Å². The van der Waals surface area contributed by atoms with Gasteiger partial charge >= 0.3 is 5.97 Å². The van der Waals surface area contributed by atoms with Gasteiger partial charge in [-0.15, -0.1) is 0 Å². The lowest BCUT2D eigenvalue weighted by atomic mass is 9.71. The fourth-order valence-corrected chi connectivity index (χ4v) is 11.1. The van der Waals surface area contributed by atoms with E-state index in [1.165, 1.54) is 0 Å². The first kappa shape index (κ1) is 48.6. The molecule has 354 valence electrons. The van der Waals surface area contributed by atoms with Crippen molar-refractivity contribution in [2.24, 2.45) is 23.7 Å². The average Bonchev–Trinajstić information content (AvgIpc) is 3.60. The number of esters is 1. The molecule has 1 spiro atoms. The normalized spacial score (nSPS) is 46.4. The summed E-state index contributed by atoms with van der Waals surface area (Å²) in [7, 11) is 5.45. The highest BCUT2D eigenvalue weighted by Crippen LogP contribution is 2.47. The summed E-state index contributed by atoms with van der Waals surface area (Å²) in [6.07, 6.45) is 11.0. The fraction of sp³-hybridized carbons (Fsp3) is 0.776. The highest BCUT2D eigenvalue weighted by molar-refractivity contribution is 5.78. The molecule has 1 aliphatic carbocycles. The van der Waals surface area contributed by atoms with Crippen LogP contribution in [0.5, 0.6) is 0 Å². The van der Waals surface area contributed by atoms with E-state index in [-0.39, 0.29) is 67.0 Å². The van der Waals surface area contributed by atoms with E-state index in [1.807, 2.05) is 39.1 Å². The van der Waals surface area contributed by atoms with Crippen LogP contribution in [0.2, 0.25) is 0 Å². The second-order valence-electron chi connectivity index (χ2n) is 19.4. The maximum Gasteiger partial charge on any atom is 0.316 e. The fourth-order valence-electron chi connectivity index (χ4n) is 11.1. The van der Waals surface area contributed by atoms with Crippen LogP contribution >= 0.6 is 0 Å². The molecule has 4 saturated heterocycles. The molecular formula is C49H76NO13+. The van der Waals surface area contributed by atoms with Gasteiger partial charge in [-0.25, -0.2) is 0 Å². The number of carbonyl (C=O) groups is 1. The monoisotopic (exact) mass is 887 g/mol. The first-order valence-electron chi connectivity index (χ1n) is 23.5. The summed E-state index contributed by atoms with van der Waals surface area (Å²) in [5, 5.41) is 25.9. The molecule has 2 bridgehead atoms. The molecule has 14 heteroatoms. The molecule has 6 aliphatic heterocycles. The Morgan fingerprint density at radius 2 is 1.63 bits per heavy atom. The Kier molecular flexibility index (Phi) is 15.7. The Morgan fingerprint density at radius 3 is 2.35 bits per heavy atom. The van der Waals surface area contributed by atoms with Crippen molar-refractivity contribution in [1.29, 1.82) is 0 Å². The summed E-state index contributed by atoms with van der Waals surface area (Å²) >= 11 is 0. The number of hydrogen-bond acceptors (Lipinski definition) is 13. The summed E-state index contributed by atoms with van der Waals surface area (Å²) < 4.78 is 64.7. The van der Waals surface area contributed by atoms with Crippen molar-refractivity contribution in [3.8, 4) is 0 Å². The number of carbonyl (C=O) groups excluding carboxylic acids is 1. The van der Waals surface area contributed by atoms with Gasteiger partial charge in [-0.2, -0.15) is 0 Å².